The molecular weight excluding hydrogens is 293 g/mol. The molecule has 23 heavy (non-hydrogen) atoms. The average Bonchev–Trinajstić information content (AvgIpc) is 2.55. The topological polar surface area (TPSA) is 54.9 Å². The fraction of sp³-hybridized carbons (Fsp3) is 0.167. The van der Waals surface area contributed by atoms with Gasteiger partial charge in [-0.25, -0.2) is 4.39 Å². The maximum Gasteiger partial charge on any atom is 0.252 e. The van der Waals surface area contributed by atoms with Crippen molar-refractivity contribution in [2.75, 3.05) is 6.54 Å². The lowest BCUT2D eigenvalue weighted by Crippen LogP contribution is -2.26. The van der Waals surface area contributed by atoms with Crippen molar-refractivity contribution in [1.29, 1.82) is 0 Å². The van der Waals surface area contributed by atoms with Crippen molar-refractivity contribution in [1.82, 2.24) is 15.3 Å². The average molecular weight is 309 g/mol. The van der Waals surface area contributed by atoms with Gasteiger partial charge in [-0.1, -0.05) is 6.07 Å². The second-order valence-electron chi connectivity index (χ2n) is 5.30. The number of hydrogen-bond acceptors (Lipinski definition) is 3. The molecule has 0 saturated heterocycles. The van der Waals surface area contributed by atoms with Gasteiger partial charge >= 0.3 is 0 Å². The third-order valence-electron chi connectivity index (χ3n) is 3.54. The van der Waals surface area contributed by atoms with E-state index < -0.39 is 0 Å². The highest BCUT2D eigenvalue weighted by molar-refractivity contribution is 6.06. The molecule has 0 atom stereocenters. The summed E-state index contributed by atoms with van der Waals surface area (Å²) in [5.74, 6) is -0.618. The van der Waals surface area contributed by atoms with E-state index in [2.05, 4.69) is 15.3 Å². The van der Waals surface area contributed by atoms with Crippen molar-refractivity contribution in [3.05, 3.63) is 71.4 Å². The Morgan fingerprint density at radius 1 is 1.22 bits per heavy atom. The van der Waals surface area contributed by atoms with E-state index in [-0.39, 0.29) is 11.7 Å². The summed E-state index contributed by atoms with van der Waals surface area (Å²) in [4.78, 5) is 21.0. The van der Waals surface area contributed by atoms with Crippen molar-refractivity contribution in [2.45, 2.75) is 13.3 Å². The number of fused-ring (bicyclic) bond motifs is 1. The lowest BCUT2D eigenvalue weighted by molar-refractivity contribution is 0.0955. The van der Waals surface area contributed by atoms with Crippen LogP contribution in [0, 0.1) is 12.7 Å². The predicted octanol–water partition coefficient (Wildman–Crippen LogP) is 3.05. The number of aromatic nitrogens is 2. The molecule has 1 aromatic carbocycles. The van der Waals surface area contributed by atoms with Crippen LogP contribution in [0.15, 0.2) is 48.7 Å². The van der Waals surface area contributed by atoms with Gasteiger partial charge in [0.2, 0.25) is 0 Å². The summed E-state index contributed by atoms with van der Waals surface area (Å²) < 4.78 is 13.5. The summed E-state index contributed by atoms with van der Waals surface area (Å²) in [6.07, 6.45) is 2.36. The van der Waals surface area contributed by atoms with Crippen LogP contribution >= 0.6 is 0 Å². The minimum atomic E-state index is -0.384. The zero-order valence-electron chi connectivity index (χ0n) is 12.7. The van der Waals surface area contributed by atoms with Crippen molar-refractivity contribution in [2.24, 2.45) is 0 Å². The van der Waals surface area contributed by atoms with Crippen LogP contribution < -0.4 is 5.32 Å². The van der Waals surface area contributed by atoms with E-state index >= 15 is 0 Å². The number of carbonyl (C=O) groups is 1. The Bertz CT molecular complexity index is 850. The Hall–Kier alpha value is -2.82. The largest absolute Gasteiger partial charge is 0.352 e. The normalized spacial score (nSPS) is 10.7. The van der Waals surface area contributed by atoms with Gasteiger partial charge in [-0.15, -0.1) is 0 Å². The van der Waals surface area contributed by atoms with Gasteiger partial charge in [0.05, 0.1) is 11.1 Å². The van der Waals surface area contributed by atoms with Crippen LogP contribution in [0.3, 0.4) is 0 Å². The Balaban J connectivity index is 1.79. The molecule has 116 valence electrons. The first-order chi connectivity index (χ1) is 11.1. The van der Waals surface area contributed by atoms with Crippen molar-refractivity contribution in [3.8, 4) is 0 Å². The van der Waals surface area contributed by atoms with Crippen molar-refractivity contribution < 1.29 is 9.18 Å². The maximum atomic E-state index is 13.5. The maximum absolute atomic E-state index is 13.5. The van der Waals surface area contributed by atoms with Gasteiger partial charge in [0.15, 0.2) is 0 Å². The van der Waals surface area contributed by atoms with Crippen molar-refractivity contribution in [3.63, 3.8) is 0 Å². The molecule has 4 nitrogen and oxygen atoms in total. The molecule has 0 aliphatic rings. The second kappa shape index (κ2) is 6.52. The molecule has 0 aliphatic carbocycles. The molecule has 1 N–H and O–H groups in total. The summed E-state index contributed by atoms with van der Waals surface area (Å²) in [5, 5.41) is 3.38. The fourth-order valence-electron chi connectivity index (χ4n) is 2.46. The van der Waals surface area contributed by atoms with Gasteiger partial charge in [0, 0.05) is 35.9 Å². The molecule has 0 bridgehead atoms. The number of carbonyl (C=O) groups excluding carboxylic acids is 1. The quantitative estimate of drug-likeness (QED) is 0.806. The van der Waals surface area contributed by atoms with Gasteiger partial charge in [0.25, 0.3) is 5.91 Å². The summed E-state index contributed by atoms with van der Waals surface area (Å²) in [7, 11) is 0. The Morgan fingerprint density at radius 3 is 2.87 bits per heavy atom. The zero-order valence-corrected chi connectivity index (χ0v) is 12.7. The molecule has 2 aromatic heterocycles. The number of pyridine rings is 2. The van der Waals surface area contributed by atoms with E-state index in [1.165, 1.54) is 12.1 Å². The molecule has 2 heterocycles. The fourth-order valence-corrected chi connectivity index (χ4v) is 2.46. The van der Waals surface area contributed by atoms with Crippen LogP contribution in [-0.2, 0) is 6.42 Å². The van der Waals surface area contributed by atoms with Crippen LogP contribution in [0.25, 0.3) is 10.9 Å². The molecule has 0 aliphatic heterocycles. The van der Waals surface area contributed by atoms with E-state index in [1.54, 1.807) is 18.3 Å². The van der Waals surface area contributed by atoms with E-state index in [9.17, 15) is 9.18 Å². The highest BCUT2D eigenvalue weighted by Gasteiger charge is 2.12. The van der Waals surface area contributed by atoms with E-state index in [0.717, 1.165) is 11.4 Å². The molecule has 0 radical (unpaired) electrons. The van der Waals surface area contributed by atoms with Crippen LogP contribution in [-0.4, -0.2) is 22.4 Å². The Kier molecular flexibility index (Phi) is 4.28. The number of rotatable bonds is 4. The lowest BCUT2D eigenvalue weighted by Gasteiger charge is -2.09. The molecule has 0 fully saturated rings. The number of hydrogen-bond donors (Lipinski definition) is 1. The van der Waals surface area contributed by atoms with Gasteiger partial charge in [-0.3, -0.25) is 14.8 Å². The highest BCUT2D eigenvalue weighted by Crippen LogP contribution is 2.19. The van der Waals surface area contributed by atoms with E-state index in [1.807, 2.05) is 25.1 Å². The van der Waals surface area contributed by atoms with Crippen molar-refractivity contribution >= 4 is 16.8 Å². The first-order valence-electron chi connectivity index (χ1n) is 7.38. The number of benzene rings is 1. The monoisotopic (exact) mass is 309 g/mol. The number of nitrogens with one attached hydrogen (secondary N) is 1. The van der Waals surface area contributed by atoms with Crippen LogP contribution in [0.2, 0.25) is 0 Å². The standard InChI is InChI=1S/C18H16FN3O/c1-12-10-16(15-11-13(19)5-6-17(15)22-12)18(23)21-9-7-14-4-2-3-8-20-14/h2-6,8,10-11H,7,9H2,1H3,(H,21,23). The van der Waals surface area contributed by atoms with Crippen LogP contribution in [0.1, 0.15) is 21.7 Å². The molecule has 5 heteroatoms. The molecule has 0 unspecified atom stereocenters. The smallest absolute Gasteiger partial charge is 0.252 e. The molecule has 3 aromatic rings. The minimum absolute atomic E-state index is 0.234. The second-order valence-corrected chi connectivity index (χ2v) is 5.30. The van der Waals surface area contributed by atoms with Gasteiger partial charge in [-0.2, -0.15) is 0 Å². The highest BCUT2D eigenvalue weighted by atomic mass is 19.1. The van der Waals surface area contributed by atoms with Crippen LogP contribution in [0.4, 0.5) is 4.39 Å². The summed E-state index contributed by atoms with van der Waals surface area (Å²) >= 11 is 0. The summed E-state index contributed by atoms with van der Waals surface area (Å²) in [5.41, 5.74) is 2.68. The Morgan fingerprint density at radius 2 is 2.09 bits per heavy atom. The first-order valence-corrected chi connectivity index (χ1v) is 7.38. The lowest BCUT2D eigenvalue weighted by atomic mass is 10.1. The first kappa shape index (κ1) is 15.1. The van der Waals surface area contributed by atoms with Crippen LogP contribution in [0.5, 0.6) is 0 Å². The molecule has 3 rings (SSSR count). The Labute approximate surface area is 133 Å². The third kappa shape index (κ3) is 3.51. The SMILES string of the molecule is Cc1cc(C(=O)NCCc2ccccn2)c2cc(F)ccc2n1. The van der Waals surface area contributed by atoms with E-state index in [0.29, 0.717) is 29.4 Å². The third-order valence-corrected chi connectivity index (χ3v) is 3.54. The van der Waals surface area contributed by atoms with E-state index in [4.69, 9.17) is 0 Å². The molecular formula is C18H16FN3O. The number of halogens is 1. The summed E-state index contributed by atoms with van der Waals surface area (Å²) in [6, 6.07) is 11.6. The number of nitrogens with zero attached hydrogens (tertiary/aromatic N) is 2. The zero-order chi connectivity index (χ0) is 16.2. The number of aryl methyl sites for hydroxylation is 1. The predicted molar refractivity (Wildman–Crippen MR) is 86.7 cm³/mol. The minimum Gasteiger partial charge on any atom is -0.352 e. The molecule has 0 saturated carbocycles. The summed E-state index contributed by atoms with van der Waals surface area (Å²) in [6.45, 7) is 2.28. The van der Waals surface area contributed by atoms with Gasteiger partial charge in [0.1, 0.15) is 5.82 Å². The van der Waals surface area contributed by atoms with Gasteiger partial charge < -0.3 is 5.32 Å². The molecule has 0 spiro atoms. The number of amides is 1. The van der Waals surface area contributed by atoms with Gasteiger partial charge in [-0.05, 0) is 43.3 Å². The molecule has 1 amide bonds.